The number of furan rings is 1. The van der Waals surface area contributed by atoms with Crippen molar-refractivity contribution in [2.75, 3.05) is 0 Å². The minimum atomic E-state index is -0.868. The summed E-state index contributed by atoms with van der Waals surface area (Å²) in [5, 5.41) is 2.75. The quantitative estimate of drug-likeness (QED) is 0.793. The van der Waals surface area contributed by atoms with Gasteiger partial charge < -0.3 is 14.5 Å². The Kier molecular flexibility index (Phi) is 6.18. The second kappa shape index (κ2) is 8.17. The fourth-order valence-electron chi connectivity index (χ4n) is 2.32. The lowest BCUT2D eigenvalue weighted by Gasteiger charge is -2.23. The van der Waals surface area contributed by atoms with Gasteiger partial charge in [-0.25, -0.2) is 4.39 Å². The van der Waals surface area contributed by atoms with Crippen molar-refractivity contribution in [2.45, 2.75) is 52.2 Å². The Morgan fingerprint density at radius 2 is 1.88 bits per heavy atom. The Morgan fingerprint density at radius 1 is 1.19 bits per heavy atom. The minimum absolute atomic E-state index is 0.0668. The standard InChI is InChI=1S/C20H24FNO4/c1-13(19(24)22-20(2,3)4)25-18(23)12-10-14-9-11-17(26-14)15-7-5-6-8-16(15)21/h5-9,11,13H,10,12H2,1-4H3,(H,22,24)/t13-/m0/s1. The molecule has 1 aromatic heterocycles. The van der Waals surface area contributed by atoms with Gasteiger partial charge in [0.1, 0.15) is 17.3 Å². The number of amides is 1. The minimum Gasteiger partial charge on any atom is -0.461 e. The van der Waals surface area contributed by atoms with E-state index in [-0.39, 0.29) is 18.1 Å². The number of hydrogen-bond acceptors (Lipinski definition) is 4. The van der Waals surface area contributed by atoms with E-state index in [2.05, 4.69) is 5.32 Å². The summed E-state index contributed by atoms with van der Waals surface area (Å²) < 4.78 is 24.5. The summed E-state index contributed by atoms with van der Waals surface area (Å²) >= 11 is 0. The summed E-state index contributed by atoms with van der Waals surface area (Å²) in [6, 6.07) is 9.68. The molecule has 0 aliphatic rings. The maximum absolute atomic E-state index is 13.8. The summed E-state index contributed by atoms with van der Waals surface area (Å²) in [4.78, 5) is 23.8. The van der Waals surface area contributed by atoms with Crippen molar-refractivity contribution < 1.29 is 23.1 Å². The summed E-state index contributed by atoms with van der Waals surface area (Å²) in [5.74, 6) is -0.251. The van der Waals surface area contributed by atoms with Crippen LogP contribution in [-0.4, -0.2) is 23.5 Å². The van der Waals surface area contributed by atoms with Crippen LogP contribution in [0, 0.1) is 5.82 Å². The lowest BCUT2D eigenvalue weighted by molar-refractivity contribution is -0.155. The third-order valence-corrected chi connectivity index (χ3v) is 3.55. The third kappa shape index (κ3) is 5.72. The van der Waals surface area contributed by atoms with Gasteiger partial charge in [-0.05, 0) is 52.0 Å². The molecule has 2 aromatic rings. The number of carbonyl (C=O) groups is 2. The van der Waals surface area contributed by atoms with Crippen molar-refractivity contribution in [2.24, 2.45) is 0 Å². The van der Waals surface area contributed by atoms with Crippen molar-refractivity contribution in [3.63, 3.8) is 0 Å². The summed E-state index contributed by atoms with van der Waals surface area (Å²) in [6.45, 7) is 7.08. The number of rotatable bonds is 6. The predicted molar refractivity (Wildman–Crippen MR) is 95.9 cm³/mol. The second-order valence-corrected chi connectivity index (χ2v) is 7.12. The Hall–Kier alpha value is -2.63. The number of nitrogens with one attached hydrogen (secondary N) is 1. The van der Waals surface area contributed by atoms with Gasteiger partial charge in [-0.3, -0.25) is 9.59 Å². The molecule has 1 N–H and O–H groups in total. The highest BCUT2D eigenvalue weighted by molar-refractivity contribution is 5.83. The van der Waals surface area contributed by atoms with E-state index in [1.807, 2.05) is 20.8 Å². The van der Waals surface area contributed by atoms with Crippen molar-refractivity contribution >= 4 is 11.9 Å². The SMILES string of the molecule is C[C@H](OC(=O)CCc1ccc(-c2ccccc2F)o1)C(=O)NC(C)(C)C. The summed E-state index contributed by atoms with van der Waals surface area (Å²) in [6.07, 6.45) is -0.495. The van der Waals surface area contributed by atoms with Crippen LogP contribution in [0.15, 0.2) is 40.8 Å². The van der Waals surface area contributed by atoms with Crippen molar-refractivity contribution in [1.29, 1.82) is 0 Å². The Balaban J connectivity index is 1.86. The molecule has 0 unspecified atom stereocenters. The highest BCUT2D eigenvalue weighted by Gasteiger charge is 2.22. The smallest absolute Gasteiger partial charge is 0.307 e. The second-order valence-electron chi connectivity index (χ2n) is 7.12. The van der Waals surface area contributed by atoms with Crippen LogP contribution in [0.5, 0.6) is 0 Å². The first-order valence-corrected chi connectivity index (χ1v) is 8.51. The molecule has 2 rings (SSSR count). The van der Waals surface area contributed by atoms with Crippen LogP contribution >= 0.6 is 0 Å². The Labute approximate surface area is 152 Å². The van der Waals surface area contributed by atoms with Crippen LogP contribution in [0.3, 0.4) is 0 Å². The van der Waals surface area contributed by atoms with E-state index in [9.17, 15) is 14.0 Å². The zero-order chi connectivity index (χ0) is 19.3. The molecule has 0 bridgehead atoms. The average Bonchev–Trinajstić information content (AvgIpc) is 3.00. The van der Waals surface area contributed by atoms with E-state index < -0.39 is 17.6 Å². The molecule has 1 atom stereocenters. The molecule has 0 fully saturated rings. The van der Waals surface area contributed by atoms with Crippen LogP contribution in [-0.2, 0) is 20.7 Å². The molecule has 1 amide bonds. The van der Waals surface area contributed by atoms with E-state index in [0.29, 0.717) is 23.5 Å². The molecule has 6 heteroatoms. The first kappa shape index (κ1) is 19.7. The first-order chi connectivity index (χ1) is 12.2. The molecule has 5 nitrogen and oxygen atoms in total. The zero-order valence-electron chi connectivity index (χ0n) is 15.5. The molecule has 0 radical (unpaired) electrons. The lowest BCUT2D eigenvalue weighted by Crippen LogP contribution is -2.46. The lowest BCUT2D eigenvalue weighted by atomic mass is 10.1. The van der Waals surface area contributed by atoms with Gasteiger partial charge in [-0.15, -0.1) is 0 Å². The fraction of sp³-hybridized carbons (Fsp3) is 0.400. The largest absolute Gasteiger partial charge is 0.461 e. The zero-order valence-corrected chi connectivity index (χ0v) is 15.5. The van der Waals surface area contributed by atoms with E-state index in [0.717, 1.165) is 0 Å². The monoisotopic (exact) mass is 361 g/mol. The maximum Gasteiger partial charge on any atom is 0.307 e. The molecule has 1 heterocycles. The third-order valence-electron chi connectivity index (χ3n) is 3.55. The first-order valence-electron chi connectivity index (χ1n) is 8.51. The molecule has 26 heavy (non-hydrogen) atoms. The van der Waals surface area contributed by atoms with Crippen LogP contribution in [0.4, 0.5) is 4.39 Å². The van der Waals surface area contributed by atoms with Gasteiger partial charge in [-0.2, -0.15) is 0 Å². The average molecular weight is 361 g/mol. The molecule has 1 aromatic carbocycles. The van der Waals surface area contributed by atoms with E-state index in [4.69, 9.17) is 9.15 Å². The molecule has 140 valence electrons. The number of ether oxygens (including phenoxy) is 1. The molecule has 0 aliphatic carbocycles. The van der Waals surface area contributed by atoms with Gasteiger partial charge >= 0.3 is 5.97 Å². The van der Waals surface area contributed by atoms with Crippen molar-refractivity contribution in [1.82, 2.24) is 5.32 Å². The van der Waals surface area contributed by atoms with Crippen LogP contribution < -0.4 is 5.32 Å². The van der Waals surface area contributed by atoms with Crippen LogP contribution in [0.2, 0.25) is 0 Å². The summed E-state index contributed by atoms with van der Waals surface area (Å²) in [7, 11) is 0. The highest BCUT2D eigenvalue weighted by atomic mass is 19.1. The number of hydrogen-bond donors (Lipinski definition) is 1. The number of halogens is 1. The van der Waals surface area contributed by atoms with Gasteiger partial charge in [0.2, 0.25) is 0 Å². The van der Waals surface area contributed by atoms with Gasteiger partial charge in [0.05, 0.1) is 12.0 Å². The van der Waals surface area contributed by atoms with Crippen LogP contribution in [0.25, 0.3) is 11.3 Å². The molecule has 0 aliphatic heterocycles. The van der Waals surface area contributed by atoms with Gasteiger partial charge in [-0.1, -0.05) is 12.1 Å². The Bertz CT molecular complexity index is 776. The predicted octanol–water partition coefficient (Wildman–Crippen LogP) is 3.86. The van der Waals surface area contributed by atoms with Gasteiger partial charge in [0.15, 0.2) is 6.10 Å². The van der Waals surface area contributed by atoms with Crippen LogP contribution in [0.1, 0.15) is 39.9 Å². The number of benzene rings is 1. The normalized spacial score (nSPS) is 12.5. The molecule has 0 saturated heterocycles. The van der Waals surface area contributed by atoms with Gasteiger partial charge in [0.25, 0.3) is 5.91 Å². The maximum atomic E-state index is 13.8. The van der Waals surface area contributed by atoms with Gasteiger partial charge in [0, 0.05) is 12.0 Å². The van der Waals surface area contributed by atoms with E-state index in [1.165, 1.54) is 13.0 Å². The highest BCUT2D eigenvalue weighted by Crippen LogP contribution is 2.25. The van der Waals surface area contributed by atoms with Crippen molar-refractivity contribution in [3.8, 4) is 11.3 Å². The number of carbonyl (C=O) groups excluding carboxylic acids is 2. The fourth-order valence-corrected chi connectivity index (χ4v) is 2.32. The van der Waals surface area contributed by atoms with Crippen molar-refractivity contribution in [3.05, 3.63) is 48.0 Å². The number of aryl methyl sites for hydroxylation is 1. The molecular formula is C20H24FNO4. The molecule has 0 spiro atoms. The van der Waals surface area contributed by atoms with E-state index in [1.54, 1.807) is 30.3 Å². The molecular weight excluding hydrogens is 337 g/mol. The summed E-state index contributed by atoms with van der Waals surface area (Å²) in [5.41, 5.74) is -0.0246. The topological polar surface area (TPSA) is 68.5 Å². The molecule has 0 saturated carbocycles. The Morgan fingerprint density at radius 3 is 2.54 bits per heavy atom. The number of esters is 1. The van der Waals surface area contributed by atoms with E-state index >= 15 is 0 Å².